The molecule has 1 unspecified atom stereocenters. The van der Waals surface area contributed by atoms with Crippen molar-refractivity contribution in [1.82, 2.24) is 15.6 Å². The molecule has 0 aromatic heterocycles. The lowest BCUT2D eigenvalue weighted by molar-refractivity contribution is -0.118. The Kier molecular flexibility index (Phi) is 6.53. The standard InChI is InChI=1S/C23H26ClN5O2/c1-16-7-9-19(10-8-16)29-21(30)15-25-22(27-29)23(31)26-14-20(28-11-2-3-12-28)17-5-4-6-18(24)13-17/h4-10,13,20H,2-3,11-12,14-15H2,1H3,(H,25,27)(H,26,31). The number of anilines is 1. The van der Waals surface area contributed by atoms with E-state index in [1.165, 1.54) is 5.01 Å². The highest BCUT2D eigenvalue weighted by Crippen LogP contribution is 2.26. The summed E-state index contributed by atoms with van der Waals surface area (Å²) in [7, 11) is 0. The summed E-state index contributed by atoms with van der Waals surface area (Å²) in [5.41, 5.74) is 5.70. The molecule has 2 heterocycles. The molecule has 0 aliphatic carbocycles. The van der Waals surface area contributed by atoms with E-state index in [4.69, 9.17) is 11.6 Å². The first kappa shape index (κ1) is 21.3. The summed E-state index contributed by atoms with van der Waals surface area (Å²) in [6, 6.07) is 15.3. The number of amidine groups is 1. The Bertz CT molecular complexity index is 986. The molecular weight excluding hydrogens is 414 g/mol. The van der Waals surface area contributed by atoms with Crippen LogP contribution in [0, 0.1) is 6.92 Å². The molecule has 2 aliphatic heterocycles. The number of nitrogens with one attached hydrogen (secondary N) is 2. The van der Waals surface area contributed by atoms with Gasteiger partial charge in [0.1, 0.15) is 6.54 Å². The zero-order valence-corrected chi connectivity index (χ0v) is 18.2. The molecule has 162 valence electrons. The second-order valence-electron chi connectivity index (χ2n) is 7.87. The fraction of sp³-hybridized carbons (Fsp3) is 0.348. The number of hydrogen-bond donors (Lipinski definition) is 2. The second-order valence-corrected chi connectivity index (χ2v) is 8.30. The summed E-state index contributed by atoms with van der Waals surface area (Å²) < 4.78 is 0. The molecule has 0 bridgehead atoms. The molecular formula is C23H26ClN5O2. The third kappa shape index (κ3) is 5.06. The van der Waals surface area contributed by atoms with Crippen molar-refractivity contribution in [3.63, 3.8) is 0 Å². The van der Waals surface area contributed by atoms with Crippen LogP contribution >= 0.6 is 11.6 Å². The van der Waals surface area contributed by atoms with Crippen LogP contribution in [0.2, 0.25) is 5.02 Å². The van der Waals surface area contributed by atoms with Gasteiger partial charge >= 0.3 is 0 Å². The van der Waals surface area contributed by atoms with Crippen LogP contribution in [0.5, 0.6) is 0 Å². The number of hydrazine groups is 1. The number of aliphatic imine (C=N–C) groups is 1. The highest BCUT2D eigenvalue weighted by atomic mass is 35.5. The van der Waals surface area contributed by atoms with Crippen LogP contribution in [-0.4, -0.2) is 48.7 Å². The van der Waals surface area contributed by atoms with Gasteiger partial charge in [-0.25, -0.2) is 5.01 Å². The maximum absolute atomic E-state index is 12.9. The molecule has 0 spiro atoms. The van der Waals surface area contributed by atoms with Crippen LogP contribution in [0.15, 0.2) is 53.5 Å². The van der Waals surface area contributed by atoms with E-state index in [0.29, 0.717) is 17.3 Å². The van der Waals surface area contributed by atoms with E-state index in [-0.39, 0.29) is 30.2 Å². The smallest absolute Gasteiger partial charge is 0.288 e. The minimum atomic E-state index is -0.337. The molecule has 0 radical (unpaired) electrons. The van der Waals surface area contributed by atoms with E-state index >= 15 is 0 Å². The van der Waals surface area contributed by atoms with Crippen molar-refractivity contribution in [2.75, 3.05) is 31.2 Å². The number of benzene rings is 2. The fourth-order valence-electron chi connectivity index (χ4n) is 3.94. The fourth-order valence-corrected chi connectivity index (χ4v) is 4.14. The molecule has 7 nitrogen and oxygen atoms in total. The zero-order valence-electron chi connectivity index (χ0n) is 17.5. The Balaban J connectivity index is 1.45. The summed E-state index contributed by atoms with van der Waals surface area (Å²) in [5, 5.41) is 5.04. The van der Waals surface area contributed by atoms with Crippen molar-refractivity contribution >= 4 is 34.9 Å². The van der Waals surface area contributed by atoms with Crippen LogP contribution in [0.25, 0.3) is 0 Å². The molecule has 2 aromatic carbocycles. The number of hydrogen-bond acceptors (Lipinski definition) is 5. The maximum atomic E-state index is 12.9. The molecule has 2 aliphatic rings. The van der Waals surface area contributed by atoms with Crippen molar-refractivity contribution in [2.45, 2.75) is 25.8 Å². The SMILES string of the molecule is Cc1ccc(N2NC(C(=O)NCC(c3cccc(Cl)c3)N3CCCC3)=NCC2=O)cc1. The minimum Gasteiger partial charge on any atom is -0.347 e. The molecule has 0 saturated carbocycles. The van der Waals surface area contributed by atoms with Crippen LogP contribution in [-0.2, 0) is 9.59 Å². The molecule has 2 aromatic rings. The Morgan fingerprint density at radius 1 is 1.19 bits per heavy atom. The zero-order chi connectivity index (χ0) is 21.8. The highest BCUT2D eigenvalue weighted by molar-refractivity contribution is 6.39. The van der Waals surface area contributed by atoms with Gasteiger partial charge in [-0.1, -0.05) is 41.4 Å². The predicted molar refractivity (Wildman–Crippen MR) is 122 cm³/mol. The van der Waals surface area contributed by atoms with Gasteiger partial charge in [-0.15, -0.1) is 0 Å². The monoisotopic (exact) mass is 439 g/mol. The predicted octanol–water partition coefficient (Wildman–Crippen LogP) is 2.85. The number of nitrogens with zero attached hydrogens (tertiary/aromatic N) is 3. The van der Waals surface area contributed by atoms with Crippen molar-refractivity contribution in [3.05, 3.63) is 64.7 Å². The van der Waals surface area contributed by atoms with Gasteiger partial charge in [0.25, 0.3) is 11.8 Å². The summed E-state index contributed by atoms with van der Waals surface area (Å²) in [4.78, 5) is 31.7. The summed E-state index contributed by atoms with van der Waals surface area (Å²) in [6.45, 7) is 4.31. The Hall–Kier alpha value is -2.90. The lowest BCUT2D eigenvalue weighted by Crippen LogP contribution is -2.56. The third-order valence-corrected chi connectivity index (χ3v) is 5.85. The van der Waals surface area contributed by atoms with Crippen LogP contribution in [0.1, 0.15) is 30.0 Å². The molecule has 4 rings (SSSR count). The van der Waals surface area contributed by atoms with E-state index in [9.17, 15) is 9.59 Å². The lowest BCUT2D eigenvalue weighted by Gasteiger charge is -2.30. The van der Waals surface area contributed by atoms with Crippen LogP contribution in [0.3, 0.4) is 0 Å². The van der Waals surface area contributed by atoms with E-state index in [1.54, 1.807) is 0 Å². The Morgan fingerprint density at radius 2 is 1.94 bits per heavy atom. The van der Waals surface area contributed by atoms with E-state index in [2.05, 4.69) is 20.6 Å². The largest absolute Gasteiger partial charge is 0.347 e. The summed E-state index contributed by atoms with van der Waals surface area (Å²) in [6.07, 6.45) is 2.29. The number of halogens is 1. The topological polar surface area (TPSA) is 77.0 Å². The molecule has 8 heteroatoms. The normalized spacial score (nSPS) is 17.8. The van der Waals surface area contributed by atoms with Gasteiger partial charge in [0.15, 0.2) is 0 Å². The van der Waals surface area contributed by atoms with Crippen LogP contribution in [0.4, 0.5) is 5.69 Å². The number of carbonyl (C=O) groups excluding carboxylic acids is 2. The van der Waals surface area contributed by atoms with Gasteiger partial charge < -0.3 is 5.32 Å². The third-order valence-electron chi connectivity index (χ3n) is 5.62. The molecule has 2 amide bonds. The van der Waals surface area contributed by atoms with Crippen molar-refractivity contribution < 1.29 is 9.59 Å². The van der Waals surface area contributed by atoms with Gasteiger partial charge in [0.2, 0.25) is 5.84 Å². The quantitative estimate of drug-likeness (QED) is 0.725. The average Bonchev–Trinajstić information content (AvgIpc) is 3.29. The highest BCUT2D eigenvalue weighted by Gasteiger charge is 2.28. The first-order valence-corrected chi connectivity index (χ1v) is 10.9. The average molecular weight is 440 g/mol. The molecule has 31 heavy (non-hydrogen) atoms. The van der Waals surface area contributed by atoms with Gasteiger partial charge in [-0.2, -0.15) is 0 Å². The lowest BCUT2D eigenvalue weighted by atomic mass is 10.1. The van der Waals surface area contributed by atoms with Crippen LogP contribution < -0.4 is 15.8 Å². The van der Waals surface area contributed by atoms with E-state index in [1.807, 2.05) is 55.5 Å². The second kappa shape index (κ2) is 9.49. The van der Waals surface area contributed by atoms with Gasteiger partial charge in [-0.3, -0.25) is 24.9 Å². The van der Waals surface area contributed by atoms with Crippen molar-refractivity contribution in [1.29, 1.82) is 0 Å². The summed E-state index contributed by atoms with van der Waals surface area (Å²) >= 11 is 6.21. The Morgan fingerprint density at radius 3 is 2.65 bits per heavy atom. The number of aryl methyl sites for hydroxylation is 1. The van der Waals surface area contributed by atoms with Gasteiger partial charge in [-0.05, 0) is 62.7 Å². The number of likely N-dealkylation sites (tertiary alicyclic amines) is 1. The van der Waals surface area contributed by atoms with Crippen molar-refractivity contribution in [3.8, 4) is 0 Å². The van der Waals surface area contributed by atoms with Gasteiger partial charge in [0, 0.05) is 11.6 Å². The van der Waals surface area contributed by atoms with E-state index in [0.717, 1.165) is 37.1 Å². The first-order valence-electron chi connectivity index (χ1n) is 10.5. The van der Waals surface area contributed by atoms with Crippen molar-refractivity contribution in [2.24, 2.45) is 4.99 Å². The number of carbonyl (C=O) groups is 2. The summed E-state index contributed by atoms with van der Waals surface area (Å²) in [5.74, 6) is -0.420. The molecule has 1 atom stereocenters. The number of rotatable bonds is 6. The number of amides is 2. The molecule has 1 fully saturated rings. The van der Waals surface area contributed by atoms with E-state index < -0.39 is 0 Å². The maximum Gasteiger partial charge on any atom is 0.288 e. The first-order chi connectivity index (χ1) is 15.0. The molecule has 1 saturated heterocycles. The molecule has 2 N–H and O–H groups in total. The Labute approximate surface area is 187 Å². The minimum absolute atomic E-state index is 0.0316. The van der Waals surface area contributed by atoms with Gasteiger partial charge in [0.05, 0.1) is 11.7 Å².